The van der Waals surface area contributed by atoms with Crippen LogP contribution in [0, 0.1) is 0 Å². The molecule has 0 saturated carbocycles. The van der Waals surface area contributed by atoms with E-state index in [1.54, 1.807) is 7.11 Å². The Hall–Kier alpha value is -2.75. The third kappa shape index (κ3) is 3.12. The average Bonchev–Trinajstić information content (AvgIpc) is 3.03. The van der Waals surface area contributed by atoms with Crippen LogP contribution in [0.2, 0.25) is 0 Å². The number of fused-ring (bicyclic) bond motifs is 3. The smallest absolute Gasteiger partial charge is 0.223 e. The Morgan fingerprint density at radius 3 is 2.72 bits per heavy atom. The van der Waals surface area contributed by atoms with Crippen molar-refractivity contribution in [1.82, 2.24) is 9.47 Å². The number of hydrogen-bond donors (Lipinski definition) is 0. The second kappa shape index (κ2) is 6.63. The monoisotopic (exact) mass is 334 g/mol. The van der Waals surface area contributed by atoms with Gasteiger partial charge in [0.15, 0.2) is 0 Å². The molecule has 0 fully saturated rings. The van der Waals surface area contributed by atoms with Gasteiger partial charge in [-0.2, -0.15) is 0 Å². The van der Waals surface area contributed by atoms with Gasteiger partial charge in [0, 0.05) is 36.1 Å². The molecule has 0 bridgehead atoms. The zero-order valence-corrected chi connectivity index (χ0v) is 14.4. The molecular weight excluding hydrogens is 312 g/mol. The van der Waals surface area contributed by atoms with Crippen LogP contribution in [0.3, 0.4) is 0 Å². The van der Waals surface area contributed by atoms with Crippen LogP contribution < -0.4 is 4.74 Å². The third-order valence-electron chi connectivity index (χ3n) is 4.96. The van der Waals surface area contributed by atoms with E-state index in [0.29, 0.717) is 13.0 Å². The number of ether oxygens (including phenoxy) is 1. The van der Waals surface area contributed by atoms with E-state index >= 15 is 0 Å². The Morgan fingerprint density at radius 1 is 1.08 bits per heavy atom. The zero-order valence-electron chi connectivity index (χ0n) is 14.4. The molecule has 0 atom stereocenters. The maximum absolute atomic E-state index is 12.6. The highest BCUT2D eigenvalue weighted by Crippen LogP contribution is 2.27. The van der Waals surface area contributed by atoms with Gasteiger partial charge in [0.1, 0.15) is 5.75 Å². The van der Waals surface area contributed by atoms with Crippen LogP contribution >= 0.6 is 0 Å². The maximum atomic E-state index is 12.6. The molecule has 0 N–H and O–H groups in total. The Labute approximate surface area is 147 Å². The Bertz CT molecular complexity index is 899. The van der Waals surface area contributed by atoms with Gasteiger partial charge < -0.3 is 14.2 Å². The van der Waals surface area contributed by atoms with Crippen molar-refractivity contribution in [3.05, 3.63) is 65.9 Å². The van der Waals surface area contributed by atoms with E-state index in [4.69, 9.17) is 4.74 Å². The molecule has 4 nitrogen and oxygen atoms in total. The first kappa shape index (κ1) is 15.8. The van der Waals surface area contributed by atoms with Crippen molar-refractivity contribution in [3.8, 4) is 5.75 Å². The van der Waals surface area contributed by atoms with Crippen molar-refractivity contribution in [2.24, 2.45) is 0 Å². The lowest BCUT2D eigenvalue weighted by Gasteiger charge is -2.29. The predicted octanol–water partition coefficient (Wildman–Crippen LogP) is 3.62. The van der Waals surface area contributed by atoms with Crippen LogP contribution in [0.4, 0.5) is 0 Å². The largest absolute Gasteiger partial charge is 0.497 e. The first-order valence-electron chi connectivity index (χ1n) is 8.72. The Balaban J connectivity index is 1.47. The summed E-state index contributed by atoms with van der Waals surface area (Å²) in [7, 11) is 1.68. The standard InChI is InChI=1S/C21H22N2O2/c1-25-19-8-9-20-17(14-19)13-18-15-22(11-12-23(18)20)21(24)10-7-16-5-3-2-4-6-16/h2-6,8-9,13-14H,7,10-12,15H2,1H3. The molecular formula is C21H22N2O2. The highest BCUT2D eigenvalue weighted by atomic mass is 16.5. The summed E-state index contributed by atoms with van der Waals surface area (Å²) in [6.45, 7) is 2.31. The molecule has 4 rings (SSSR count). The van der Waals surface area contributed by atoms with Crippen molar-refractivity contribution in [3.63, 3.8) is 0 Å². The number of amides is 1. The van der Waals surface area contributed by atoms with E-state index < -0.39 is 0 Å². The Morgan fingerprint density at radius 2 is 1.92 bits per heavy atom. The van der Waals surface area contributed by atoms with Crippen LogP contribution in [0.5, 0.6) is 5.75 Å². The minimum atomic E-state index is 0.234. The SMILES string of the molecule is COc1ccc2c(c1)cc1n2CCN(C(=O)CCc2ccccc2)C1. The summed E-state index contributed by atoms with van der Waals surface area (Å²) < 4.78 is 7.63. The van der Waals surface area contributed by atoms with Crippen LogP contribution in [0.25, 0.3) is 10.9 Å². The predicted molar refractivity (Wildman–Crippen MR) is 98.7 cm³/mol. The topological polar surface area (TPSA) is 34.5 Å². The van der Waals surface area contributed by atoms with Gasteiger partial charge in [0.05, 0.1) is 13.7 Å². The molecule has 2 aromatic carbocycles. The number of hydrogen-bond acceptors (Lipinski definition) is 2. The van der Waals surface area contributed by atoms with Crippen molar-refractivity contribution < 1.29 is 9.53 Å². The lowest BCUT2D eigenvalue weighted by atomic mass is 10.1. The quantitative estimate of drug-likeness (QED) is 0.730. The zero-order chi connectivity index (χ0) is 17.2. The van der Waals surface area contributed by atoms with Gasteiger partial charge in [0.2, 0.25) is 5.91 Å². The fourth-order valence-corrected chi connectivity index (χ4v) is 3.59. The van der Waals surface area contributed by atoms with E-state index in [9.17, 15) is 4.79 Å². The van der Waals surface area contributed by atoms with Gasteiger partial charge in [-0.15, -0.1) is 0 Å². The molecule has 1 aliphatic rings. The molecule has 0 unspecified atom stereocenters. The minimum absolute atomic E-state index is 0.234. The third-order valence-corrected chi connectivity index (χ3v) is 4.96. The number of rotatable bonds is 4. The van der Waals surface area contributed by atoms with Gasteiger partial charge in [-0.1, -0.05) is 30.3 Å². The van der Waals surface area contributed by atoms with E-state index in [2.05, 4.69) is 34.9 Å². The average molecular weight is 334 g/mol. The number of aryl methyl sites for hydroxylation is 1. The van der Waals surface area contributed by atoms with Crippen LogP contribution in [0.1, 0.15) is 17.7 Å². The van der Waals surface area contributed by atoms with Crippen molar-refractivity contribution in [2.45, 2.75) is 25.9 Å². The molecule has 3 aromatic rings. The summed E-state index contributed by atoms with van der Waals surface area (Å²) in [6, 6.07) is 18.5. The van der Waals surface area contributed by atoms with Crippen molar-refractivity contribution >= 4 is 16.8 Å². The number of carbonyl (C=O) groups excluding carboxylic acids is 1. The van der Waals surface area contributed by atoms with Crippen LogP contribution in [0.15, 0.2) is 54.6 Å². The summed E-state index contributed by atoms with van der Waals surface area (Å²) >= 11 is 0. The highest BCUT2D eigenvalue weighted by Gasteiger charge is 2.22. The molecule has 4 heteroatoms. The molecule has 1 aromatic heterocycles. The lowest BCUT2D eigenvalue weighted by molar-refractivity contribution is -0.132. The molecule has 0 aliphatic carbocycles. The summed E-state index contributed by atoms with van der Waals surface area (Å²) in [6.07, 6.45) is 1.37. The maximum Gasteiger partial charge on any atom is 0.223 e. The number of nitrogens with zero attached hydrogens (tertiary/aromatic N) is 2. The number of aromatic nitrogens is 1. The molecule has 128 valence electrons. The van der Waals surface area contributed by atoms with Gasteiger partial charge in [0.25, 0.3) is 0 Å². The summed E-state index contributed by atoms with van der Waals surface area (Å²) in [5.41, 5.74) is 3.63. The fourth-order valence-electron chi connectivity index (χ4n) is 3.59. The first-order valence-corrected chi connectivity index (χ1v) is 8.72. The highest BCUT2D eigenvalue weighted by molar-refractivity contribution is 5.83. The van der Waals surface area contributed by atoms with Crippen molar-refractivity contribution in [1.29, 1.82) is 0 Å². The van der Waals surface area contributed by atoms with Crippen LogP contribution in [-0.4, -0.2) is 29.0 Å². The number of methoxy groups -OCH3 is 1. The second-order valence-corrected chi connectivity index (χ2v) is 6.51. The second-order valence-electron chi connectivity index (χ2n) is 6.51. The van der Waals surface area contributed by atoms with Crippen molar-refractivity contribution in [2.75, 3.05) is 13.7 Å². The fraction of sp³-hybridized carbons (Fsp3) is 0.286. The molecule has 0 radical (unpaired) electrons. The van der Waals surface area contributed by atoms with Gasteiger partial charge in [-0.3, -0.25) is 4.79 Å². The normalized spacial score (nSPS) is 13.7. The minimum Gasteiger partial charge on any atom is -0.497 e. The molecule has 0 saturated heterocycles. The molecule has 0 spiro atoms. The first-order chi connectivity index (χ1) is 12.2. The summed E-state index contributed by atoms with van der Waals surface area (Å²) in [4.78, 5) is 14.6. The molecule has 2 heterocycles. The van der Waals surface area contributed by atoms with E-state index in [1.807, 2.05) is 29.2 Å². The molecule has 1 amide bonds. The number of carbonyl (C=O) groups is 1. The summed E-state index contributed by atoms with van der Waals surface area (Å²) in [5, 5.41) is 1.17. The summed E-state index contributed by atoms with van der Waals surface area (Å²) in [5.74, 6) is 1.10. The van der Waals surface area contributed by atoms with Gasteiger partial charge >= 0.3 is 0 Å². The Kier molecular flexibility index (Phi) is 4.18. The number of benzene rings is 2. The van der Waals surface area contributed by atoms with Gasteiger partial charge in [-0.05, 0) is 36.2 Å². The van der Waals surface area contributed by atoms with Gasteiger partial charge in [-0.25, -0.2) is 0 Å². The van der Waals surface area contributed by atoms with E-state index in [0.717, 1.165) is 25.3 Å². The van der Waals surface area contributed by atoms with E-state index in [-0.39, 0.29) is 5.91 Å². The van der Waals surface area contributed by atoms with E-state index in [1.165, 1.54) is 22.2 Å². The van der Waals surface area contributed by atoms with Crippen LogP contribution in [-0.2, 0) is 24.3 Å². The molecule has 25 heavy (non-hydrogen) atoms. The molecule has 1 aliphatic heterocycles. The lowest BCUT2D eigenvalue weighted by Crippen LogP contribution is -2.38.